The van der Waals surface area contributed by atoms with Crippen molar-refractivity contribution in [2.24, 2.45) is 0 Å². The van der Waals surface area contributed by atoms with Crippen LogP contribution in [0.4, 0.5) is 0 Å². The Labute approximate surface area is 197 Å². The summed E-state index contributed by atoms with van der Waals surface area (Å²) in [7, 11) is 0.302. The lowest BCUT2D eigenvalue weighted by molar-refractivity contribution is 0.447. The quantitative estimate of drug-likeness (QED) is 0.476. The number of nitrogens with zero attached hydrogens (tertiary/aromatic N) is 1. The molecule has 2 aromatic rings. The fourth-order valence-electron chi connectivity index (χ4n) is 4.56. The van der Waals surface area contributed by atoms with E-state index < -0.39 is 0 Å². The predicted molar refractivity (Wildman–Crippen MR) is 140 cm³/mol. The molecule has 176 valence electrons. The van der Waals surface area contributed by atoms with E-state index in [2.05, 4.69) is 86.0 Å². The molecule has 0 saturated carbocycles. The highest BCUT2D eigenvalue weighted by atomic mass is 31.1. The van der Waals surface area contributed by atoms with Gasteiger partial charge in [-0.05, 0) is 73.6 Å². The Bertz CT molecular complexity index is 1010. The van der Waals surface area contributed by atoms with Gasteiger partial charge in [0.1, 0.15) is 20.5 Å². The number of rotatable bonds is 4. The van der Waals surface area contributed by atoms with Crippen LogP contribution in [-0.4, -0.2) is 22.9 Å². The van der Waals surface area contributed by atoms with Crippen LogP contribution >= 0.6 is 8.96 Å². The monoisotopic (exact) mass is 455 g/mol. The van der Waals surface area contributed by atoms with Crippen molar-refractivity contribution in [3.8, 4) is 22.6 Å². The number of hydrogen-bond donors (Lipinski definition) is 1. The molecule has 0 spiro atoms. The van der Waals surface area contributed by atoms with Crippen LogP contribution in [-0.2, 0) is 10.8 Å². The second kappa shape index (κ2) is 8.99. The van der Waals surface area contributed by atoms with Gasteiger partial charge >= 0.3 is 0 Å². The first-order chi connectivity index (χ1) is 14.7. The molecule has 1 saturated heterocycles. The molecular formula is C28H42NO2P. The topological polar surface area (TPSA) is 32.7 Å². The fourth-order valence-corrected chi connectivity index (χ4v) is 5.49. The number of hydrogen-bond acceptors (Lipinski definition) is 3. The number of phenolic OH excluding ortho intramolecular Hbond substituents is 1. The maximum absolute atomic E-state index is 11.6. The van der Waals surface area contributed by atoms with E-state index in [1.165, 1.54) is 35.1 Å². The van der Waals surface area contributed by atoms with E-state index in [-0.39, 0.29) is 10.8 Å². The third-order valence-corrected chi connectivity index (χ3v) is 7.87. The van der Waals surface area contributed by atoms with Gasteiger partial charge in [0, 0.05) is 35.3 Å². The summed E-state index contributed by atoms with van der Waals surface area (Å²) in [5.74, 6) is 1.33. The smallest absolute Gasteiger partial charge is 0.149 e. The SMILES string of the molecule is Cc1cc(C(C)(C)C)c(O)c(-c2c(C)c(C)cc(C(C)(C)C)c2OPN2CCCC2)c1C. The van der Waals surface area contributed by atoms with Crippen LogP contribution in [0, 0.1) is 27.7 Å². The highest BCUT2D eigenvalue weighted by Crippen LogP contribution is 2.51. The maximum atomic E-state index is 11.6. The van der Waals surface area contributed by atoms with Gasteiger partial charge in [0.2, 0.25) is 0 Å². The first kappa shape index (κ1) is 25.1. The first-order valence-corrected chi connectivity index (χ1v) is 12.7. The molecule has 32 heavy (non-hydrogen) atoms. The third kappa shape index (κ3) is 4.85. The highest BCUT2D eigenvalue weighted by Gasteiger charge is 2.30. The van der Waals surface area contributed by atoms with E-state index in [9.17, 15) is 5.11 Å². The van der Waals surface area contributed by atoms with Gasteiger partial charge in [-0.25, -0.2) is 0 Å². The number of aryl methyl sites for hydroxylation is 2. The van der Waals surface area contributed by atoms with Crippen LogP contribution in [0.3, 0.4) is 0 Å². The number of aromatic hydroxyl groups is 1. The molecule has 4 heteroatoms. The Kier molecular flexibility index (Phi) is 7.04. The molecule has 0 aromatic heterocycles. The zero-order chi connectivity index (χ0) is 24.0. The molecule has 1 N–H and O–H groups in total. The van der Waals surface area contributed by atoms with Gasteiger partial charge in [0.15, 0.2) is 0 Å². The Morgan fingerprint density at radius 2 is 1.25 bits per heavy atom. The van der Waals surface area contributed by atoms with Gasteiger partial charge < -0.3 is 9.63 Å². The van der Waals surface area contributed by atoms with Crippen molar-refractivity contribution < 1.29 is 9.63 Å². The summed E-state index contributed by atoms with van der Waals surface area (Å²) >= 11 is 0. The minimum Gasteiger partial charge on any atom is -0.507 e. The van der Waals surface area contributed by atoms with Gasteiger partial charge in [0.05, 0.1) is 0 Å². The van der Waals surface area contributed by atoms with Crippen LogP contribution in [0.1, 0.15) is 87.8 Å². The molecule has 1 unspecified atom stereocenters. The molecule has 1 aliphatic rings. The average molecular weight is 456 g/mol. The molecule has 3 rings (SSSR count). The minimum atomic E-state index is -0.153. The van der Waals surface area contributed by atoms with Crippen molar-refractivity contribution in [1.82, 2.24) is 4.67 Å². The van der Waals surface area contributed by atoms with Crippen LogP contribution in [0.15, 0.2) is 12.1 Å². The fraction of sp³-hybridized carbons (Fsp3) is 0.571. The average Bonchev–Trinajstić information content (AvgIpc) is 3.18. The zero-order valence-electron chi connectivity index (χ0n) is 21.8. The molecule has 1 atom stereocenters. The van der Waals surface area contributed by atoms with Gasteiger partial charge in [-0.2, -0.15) is 0 Å². The summed E-state index contributed by atoms with van der Waals surface area (Å²) in [5, 5.41) is 11.6. The third-order valence-electron chi connectivity index (χ3n) is 6.87. The second-order valence-electron chi connectivity index (χ2n) is 11.5. The standard InChI is InChI=1S/C28H42NO2P/c1-17-15-21(27(5,6)7)25(30)23(19(17)3)24-20(4)18(2)16-22(28(8,9)10)26(24)31-32-29-13-11-12-14-29/h15-16,30,32H,11-14H2,1-10H3. The summed E-state index contributed by atoms with van der Waals surface area (Å²) < 4.78 is 9.10. The Balaban J connectivity index is 2.35. The molecule has 3 nitrogen and oxygen atoms in total. The van der Waals surface area contributed by atoms with Gasteiger partial charge in [-0.3, -0.25) is 4.67 Å². The lowest BCUT2D eigenvalue weighted by Gasteiger charge is -2.30. The summed E-state index contributed by atoms with van der Waals surface area (Å²) in [4.78, 5) is 0. The van der Waals surface area contributed by atoms with Crippen molar-refractivity contribution in [2.75, 3.05) is 13.1 Å². The summed E-state index contributed by atoms with van der Waals surface area (Å²) in [5.41, 5.74) is 8.71. The molecular weight excluding hydrogens is 413 g/mol. The Morgan fingerprint density at radius 1 is 0.781 bits per heavy atom. The van der Waals surface area contributed by atoms with Gasteiger partial charge in [-0.1, -0.05) is 53.7 Å². The molecule has 1 heterocycles. The summed E-state index contributed by atoms with van der Waals surface area (Å²) in [6, 6.07) is 4.44. The van der Waals surface area contributed by atoms with Crippen molar-refractivity contribution in [2.45, 2.75) is 92.9 Å². The van der Waals surface area contributed by atoms with Gasteiger partial charge in [-0.15, -0.1) is 0 Å². The van der Waals surface area contributed by atoms with Crippen molar-refractivity contribution in [1.29, 1.82) is 0 Å². The summed E-state index contributed by atoms with van der Waals surface area (Å²) in [6.07, 6.45) is 2.49. The molecule has 0 aliphatic carbocycles. The highest BCUT2D eigenvalue weighted by molar-refractivity contribution is 7.29. The largest absolute Gasteiger partial charge is 0.507 e. The lowest BCUT2D eigenvalue weighted by atomic mass is 9.78. The normalized spacial score (nSPS) is 15.8. The van der Waals surface area contributed by atoms with E-state index in [0.29, 0.717) is 14.7 Å². The zero-order valence-corrected chi connectivity index (χ0v) is 22.8. The van der Waals surface area contributed by atoms with Crippen LogP contribution in [0.5, 0.6) is 11.5 Å². The molecule has 1 fully saturated rings. The van der Waals surface area contributed by atoms with Crippen molar-refractivity contribution in [3.63, 3.8) is 0 Å². The first-order valence-electron chi connectivity index (χ1n) is 11.9. The molecule has 0 bridgehead atoms. The maximum Gasteiger partial charge on any atom is 0.149 e. The van der Waals surface area contributed by atoms with E-state index >= 15 is 0 Å². The van der Waals surface area contributed by atoms with E-state index in [1.54, 1.807) is 0 Å². The van der Waals surface area contributed by atoms with Crippen molar-refractivity contribution >= 4 is 8.96 Å². The number of phenols is 1. The van der Waals surface area contributed by atoms with E-state index in [4.69, 9.17) is 4.52 Å². The Hall–Kier alpha value is -1.57. The van der Waals surface area contributed by atoms with Crippen LogP contribution in [0.2, 0.25) is 0 Å². The second-order valence-corrected chi connectivity index (χ2v) is 12.6. The summed E-state index contributed by atoms with van der Waals surface area (Å²) in [6.45, 7) is 24.1. The molecule has 0 amide bonds. The van der Waals surface area contributed by atoms with Gasteiger partial charge in [0.25, 0.3) is 0 Å². The Morgan fingerprint density at radius 3 is 1.75 bits per heavy atom. The molecule has 2 aromatic carbocycles. The lowest BCUT2D eigenvalue weighted by Crippen LogP contribution is -2.16. The minimum absolute atomic E-state index is 0.0712. The van der Waals surface area contributed by atoms with E-state index in [0.717, 1.165) is 41.1 Å². The molecule has 1 aliphatic heterocycles. The van der Waals surface area contributed by atoms with Crippen LogP contribution < -0.4 is 4.52 Å². The molecule has 0 radical (unpaired) electrons. The predicted octanol–water partition coefficient (Wildman–Crippen LogP) is 7.87. The van der Waals surface area contributed by atoms with Crippen LogP contribution in [0.25, 0.3) is 11.1 Å². The number of benzene rings is 2. The van der Waals surface area contributed by atoms with Crippen molar-refractivity contribution in [3.05, 3.63) is 45.5 Å². The van der Waals surface area contributed by atoms with E-state index in [1.807, 2.05) is 0 Å².